The van der Waals surface area contributed by atoms with Gasteiger partial charge in [0.25, 0.3) is 13.3 Å². The number of thiophene rings is 1. The Hall–Kier alpha value is -0.890. The minimum Gasteiger partial charge on any atom is -0.456 e. The molecule has 0 radical (unpaired) electrons. The highest BCUT2D eigenvalue weighted by Gasteiger charge is 2.61. The Balaban J connectivity index is 1.70. The van der Waals surface area contributed by atoms with E-state index >= 15 is 0 Å². The van der Waals surface area contributed by atoms with E-state index < -0.39 is 43.4 Å². The predicted molar refractivity (Wildman–Crippen MR) is 86.2 cm³/mol. The van der Waals surface area contributed by atoms with Crippen LogP contribution in [0.15, 0.2) is 30.0 Å². The van der Waals surface area contributed by atoms with E-state index in [-0.39, 0.29) is 12.6 Å². The molecule has 1 aromatic rings. The van der Waals surface area contributed by atoms with Gasteiger partial charge in [-0.2, -0.15) is 0 Å². The summed E-state index contributed by atoms with van der Waals surface area (Å²) >= 11 is 1.27. The molecule has 0 aromatic carbocycles. The van der Waals surface area contributed by atoms with E-state index in [0.29, 0.717) is 4.62 Å². The number of hydrogen-bond donors (Lipinski definition) is 1. The highest BCUT2D eigenvalue weighted by atomic mass is 32.1. The third-order valence-corrected chi connectivity index (χ3v) is 8.37. The topological polar surface area (TPSA) is 83.5 Å². The predicted octanol–water partition coefficient (Wildman–Crippen LogP) is 1.78. The van der Waals surface area contributed by atoms with Gasteiger partial charge >= 0.3 is 0 Å². The van der Waals surface area contributed by atoms with Crippen molar-refractivity contribution in [3.63, 3.8) is 0 Å². The number of ether oxygens (including phenoxy) is 4. The Morgan fingerprint density at radius 3 is 2.71 bits per heavy atom. The van der Waals surface area contributed by atoms with E-state index in [0.717, 1.165) is 0 Å². The summed E-state index contributed by atoms with van der Waals surface area (Å²) in [6, 6.07) is 3.45. The van der Waals surface area contributed by atoms with E-state index in [9.17, 15) is 9.67 Å². The number of hydrogen-bond acceptors (Lipinski definition) is 8. The van der Waals surface area contributed by atoms with Gasteiger partial charge in [-0.25, -0.2) is 0 Å². The van der Waals surface area contributed by atoms with Crippen LogP contribution in [0.4, 0.5) is 0 Å². The second-order valence-electron chi connectivity index (χ2n) is 6.44. The second kappa shape index (κ2) is 5.56. The van der Waals surface area contributed by atoms with Crippen molar-refractivity contribution < 1.29 is 33.1 Å². The molecule has 0 aliphatic carbocycles. The van der Waals surface area contributed by atoms with E-state index in [1.165, 1.54) is 11.3 Å². The molecule has 0 saturated carbocycles. The van der Waals surface area contributed by atoms with Crippen LogP contribution in [0.5, 0.6) is 0 Å². The molecule has 4 rings (SSSR count). The number of rotatable bonds is 2. The van der Waals surface area contributed by atoms with Crippen LogP contribution in [-0.4, -0.2) is 47.8 Å². The second-order valence-corrected chi connectivity index (χ2v) is 10.1. The average molecular weight is 374 g/mol. The van der Waals surface area contributed by atoms with Gasteiger partial charge in [0.15, 0.2) is 23.8 Å². The van der Waals surface area contributed by atoms with Gasteiger partial charge in [-0.3, -0.25) is 4.57 Å². The van der Waals surface area contributed by atoms with Crippen molar-refractivity contribution in [2.24, 2.45) is 0 Å². The first-order chi connectivity index (χ1) is 11.3. The van der Waals surface area contributed by atoms with Crippen LogP contribution in [-0.2, 0) is 28.0 Å². The van der Waals surface area contributed by atoms with Crippen LogP contribution in [0, 0.1) is 0 Å². The van der Waals surface area contributed by atoms with Crippen molar-refractivity contribution in [1.29, 1.82) is 0 Å². The molecule has 24 heavy (non-hydrogen) atoms. The average Bonchev–Trinajstić information content (AvgIpc) is 3.22. The van der Waals surface area contributed by atoms with Crippen molar-refractivity contribution in [2.45, 2.75) is 49.9 Å². The fraction of sp³-hybridized carbons (Fsp3) is 0.600. The number of aliphatic hydroxyl groups is 1. The Bertz CT molecular complexity index is 688. The van der Waals surface area contributed by atoms with Crippen LogP contribution < -0.4 is 4.62 Å². The quantitative estimate of drug-likeness (QED) is 0.790. The molecule has 0 unspecified atom stereocenters. The summed E-state index contributed by atoms with van der Waals surface area (Å²) < 4.78 is 42.4. The largest absolute Gasteiger partial charge is 0.456 e. The lowest BCUT2D eigenvalue weighted by Gasteiger charge is -2.40. The van der Waals surface area contributed by atoms with E-state index in [2.05, 4.69) is 6.58 Å². The minimum atomic E-state index is -3.56. The summed E-state index contributed by atoms with van der Waals surface area (Å²) in [4.78, 5) is 0. The molecule has 9 heteroatoms. The molecule has 3 aliphatic rings. The van der Waals surface area contributed by atoms with Gasteiger partial charge in [-0.05, 0) is 31.9 Å². The normalized spacial score (nSPS) is 44.0. The Morgan fingerprint density at radius 2 is 2.08 bits per heavy atom. The zero-order chi connectivity index (χ0) is 17.1. The van der Waals surface area contributed by atoms with Crippen molar-refractivity contribution in [3.05, 3.63) is 30.0 Å². The molecule has 6 atom stereocenters. The third kappa shape index (κ3) is 2.53. The monoisotopic (exact) mass is 374 g/mol. The Morgan fingerprint density at radius 1 is 1.33 bits per heavy atom. The van der Waals surface area contributed by atoms with Crippen molar-refractivity contribution in [2.75, 3.05) is 6.61 Å². The highest BCUT2D eigenvalue weighted by Crippen LogP contribution is 2.60. The lowest BCUT2D eigenvalue weighted by molar-refractivity contribution is -0.161. The molecule has 4 heterocycles. The lowest BCUT2D eigenvalue weighted by atomic mass is 10.0. The summed E-state index contributed by atoms with van der Waals surface area (Å²) in [5.74, 6) is -2.01. The SMILES string of the molecule is C=C1O[C@H]2[C@@H]([C@H]3COC(C)(C)O3)O[P@@](=O)(c3cccs3)[C@@H](O)[C@H]2O1. The molecule has 7 nitrogen and oxygen atoms in total. The first-order valence-corrected chi connectivity index (χ1v) is 10.2. The Labute approximate surface area is 143 Å². The van der Waals surface area contributed by atoms with Gasteiger partial charge in [-0.1, -0.05) is 6.07 Å². The van der Waals surface area contributed by atoms with Crippen LogP contribution in [0.3, 0.4) is 0 Å². The maximum atomic E-state index is 13.5. The van der Waals surface area contributed by atoms with E-state index in [4.69, 9.17) is 23.5 Å². The van der Waals surface area contributed by atoms with Crippen LogP contribution >= 0.6 is 18.7 Å². The summed E-state index contributed by atoms with van der Waals surface area (Å²) in [5, 5.41) is 12.4. The molecule has 0 spiro atoms. The molecule has 3 saturated heterocycles. The summed E-state index contributed by atoms with van der Waals surface area (Å²) in [6.07, 6.45) is -2.66. The van der Waals surface area contributed by atoms with Crippen molar-refractivity contribution in [3.8, 4) is 0 Å². The lowest BCUT2D eigenvalue weighted by Crippen LogP contribution is -2.54. The molecule has 0 bridgehead atoms. The summed E-state index contributed by atoms with van der Waals surface area (Å²) in [6.45, 7) is 7.51. The summed E-state index contributed by atoms with van der Waals surface area (Å²) in [5.41, 5.74) is 0. The van der Waals surface area contributed by atoms with Crippen LogP contribution in [0.1, 0.15) is 13.8 Å². The molecule has 132 valence electrons. The smallest absolute Gasteiger partial charge is 0.273 e. The molecule has 1 aromatic heterocycles. The number of aliphatic hydroxyl groups excluding tert-OH is 1. The molecule has 0 amide bonds. The zero-order valence-electron chi connectivity index (χ0n) is 13.3. The third-order valence-electron chi connectivity index (χ3n) is 4.31. The standard InChI is InChI=1S/C15H19O7PS/c1-8-19-12-11(9-7-18-15(2,3)21-9)22-23(17,10-5-4-6-24-10)14(16)13(12)20-8/h4-6,9,11-14,16H,1,7H2,2-3H3/t9-,11-,12+,13+,14-,23+/m1/s1. The summed E-state index contributed by atoms with van der Waals surface area (Å²) in [7, 11) is -3.56. The maximum absolute atomic E-state index is 13.5. The molecular formula is C15H19O7PS. The molecule has 3 aliphatic heterocycles. The molecule has 3 fully saturated rings. The fourth-order valence-corrected chi connectivity index (χ4v) is 6.93. The van der Waals surface area contributed by atoms with Gasteiger partial charge in [0.2, 0.25) is 0 Å². The van der Waals surface area contributed by atoms with Gasteiger partial charge < -0.3 is 28.6 Å². The van der Waals surface area contributed by atoms with Gasteiger partial charge in [0, 0.05) is 0 Å². The van der Waals surface area contributed by atoms with Gasteiger partial charge in [0.1, 0.15) is 12.2 Å². The maximum Gasteiger partial charge on any atom is 0.273 e. The fourth-order valence-electron chi connectivity index (χ4n) is 3.23. The molecular weight excluding hydrogens is 355 g/mol. The van der Waals surface area contributed by atoms with E-state index in [1.54, 1.807) is 31.4 Å². The zero-order valence-corrected chi connectivity index (χ0v) is 15.0. The van der Waals surface area contributed by atoms with Crippen LogP contribution in [0.2, 0.25) is 0 Å². The van der Waals surface area contributed by atoms with Gasteiger partial charge in [-0.15, -0.1) is 11.3 Å². The van der Waals surface area contributed by atoms with Crippen molar-refractivity contribution in [1.82, 2.24) is 0 Å². The molecule has 1 N–H and O–H groups in total. The first-order valence-electron chi connectivity index (χ1n) is 7.64. The Kier molecular flexibility index (Phi) is 3.84. The van der Waals surface area contributed by atoms with Crippen LogP contribution in [0.25, 0.3) is 0 Å². The van der Waals surface area contributed by atoms with E-state index in [1.807, 2.05) is 0 Å². The van der Waals surface area contributed by atoms with Gasteiger partial charge in [0.05, 0.1) is 11.2 Å². The number of fused-ring (bicyclic) bond motifs is 1. The minimum absolute atomic E-state index is 0.0791. The highest BCUT2D eigenvalue weighted by molar-refractivity contribution is 7.73. The first kappa shape index (κ1) is 16.6. The van der Waals surface area contributed by atoms with Crippen molar-refractivity contribution >= 4 is 23.3 Å².